The van der Waals surface area contributed by atoms with E-state index in [0.717, 1.165) is 10.9 Å². The Morgan fingerprint density at radius 2 is 1.74 bits per heavy atom. The van der Waals surface area contributed by atoms with Crippen molar-refractivity contribution in [2.75, 3.05) is 6.54 Å². The van der Waals surface area contributed by atoms with Crippen LogP contribution in [0.3, 0.4) is 0 Å². The van der Waals surface area contributed by atoms with Crippen LogP contribution in [0.25, 0.3) is 28.5 Å². The molecule has 0 radical (unpaired) electrons. The summed E-state index contributed by atoms with van der Waals surface area (Å²) in [6, 6.07) is 13.6. The number of amides is 1. The predicted octanol–water partition coefficient (Wildman–Crippen LogP) is 4.10. The van der Waals surface area contributed by atoms with Crippen LogP contribution < -0.4 is 5.32 Å². The molecule has 2 aromatic heterocycles. The highest BCUT2D eigenvalue weighted by Gasteiger charge is 2.40. The minimum absolute atomic E-state index is 0.0130. The Balaban J connectivity index is 1.50. The number of ether oxygens (including phenoxy) is 1. The number of nitrogens with zero attached hydrogens (tertiary/aromatic N) is 4. The minimum atomic E-state index is -4.77. The first-order chi connectivity index (χ1) is 18.3. The molecular weight excluding hydrogens is 519 g/mol. The molecule has 0 aliphatic heterocycles. The normalized spacial score (nSPS) is 12.7. The Bertz CT molecular complexity index is 1460. The first-order valence-electron chi connectivity index (χ1n) is 11.7. The van der Waals surface area contributed by atoms with Crippen LogP contribution in [0.2, 0.25) is 0 Å². The monoisotopic (exact) mass is 543 g/mol. The molecule has 4 aromatic rings. The molecule has 0 spiro atoms. The number of halogens is 3. The highest BCUT2D eigenvalue weighted by Crippen LogP contribution is 2.38. The maximum Gasteiger partial charge on any atom is 0.434 e. The molecule has 0 saturated carbocycles. The molecule has 10 nitrogen and oxygen atoms in total. The van der Waals surface area contributed by atoms with E-state index >= 15 is 0 Å². The third-order valence-electron chi connectivity index (χ3n) is 5.25. The van der Waals surface area contributed by atoms with Crippen LogP contribution in [0.15, 0.2) is 65.3 Å². The van der Waals surface area contributed by atoms with Crippen LogP contribution in [0, 0.1) is 0 Å². The van der Waals surface area contributed by atoms with E-state index in [2.05, 4.69) is 20.6 Å². The molecule has 0 fully saturated rings. The van der Waals surface area contributed by atoms with Crippen LogP contribution in [0.5, 0.6) is 0 Å². The van der Waals surface area contributed by atoms with E-state index < -0.39 is 42.0 Å². The quantitative estimate of drug-likeness (QED) is 0.333. The topological polar surface area (TPSA) is 132 Å². The van der Waals surface area contributed by atoms with Gasteiger partial charge in [-0.2, -0.15) is 23.3 Å². The van der Waals surface area contributed by atoms with Crippen molar-refractivity contribution in [3.8, 4) is 28.5 Å². The lowest BCUT2D eigenvalue weighted by Gasteiger charge is -2.20. The molecule has 13 heteroatoms. The van der Waals surface area contributed by atoms with Crippen molar-refractivity contribution < 1.29 is 37.1 Å². The number of hydrogen-bond acceptors (Lipinski definition) is 8. The van der Waals surface area contributed by atoms with Gasteiger partial charge in [-0.1, -0.05) is 47.6 Å². The van der Waals surface area contributed by atoms with E-state index in [1.807, 2.05) is 0 Å². The lowest BCUT2D eigenvalue weighted by molar-refractivity contribution is -0.155. The molecule has 204 valence electrons. The van der Waals surface area contributed by atoms with Crippen molar-refractivity contribution in [2.45, 2.75) is 38.7 Å². The summed E-state index contributed by atoms with van der Waals surface area (Å²) in [5.41, 5.74) is -1.41. The average Bonchev–Trinajstić information content (AvgIpc) is 3.54. The zero-order valence-electron chi connectivity index (χ0n) is 21.1. The molecule has 1 atom stereocenters. The van der Waals surface area contributed by atoms with Gasteiger partial charge in [-0.25, -0.2) is 4.68 Å². The standard InChI is InChI=1S/C26H24F3N5O5/c1-25(2,3)38-19(35)14-30-23(37)20(36)15-9-11-16(12-10-15)22-32-24(39-33-22)18-13-31-34(21(18)26(27,28)29)17-7-5-4-6-8-17/h4-13,20,36H,14H2,1-3H3,(H,30,37). The first kappa shape index (κ1) is 27.5. The van der Waals surface area contributed by atoms with E-state index in [1.54, 1.807) is 39.0 Å². The third kappa shape index (κ3) is 6.49. The molecule has 0 bridgehead atoms. The molecule has 1 amide bonds. The van der Waals surface area contributed by atoms with Crippen molar-refractivity contribution in [2.24, 2.45) is 0 Å². The fourth-order valence-corrected chi connectivity index (χ4v) is 3.59. The molecule has 0 aliphatic carbocycles. The van der Waals surface area contributed by atoms with Crippen LogP contribution >= 0.6 is 0 Å². The number of esters is 1. The lowest BCUT2D eigenvalue weighted by atomic mass is 10.1. The summed E-state index contributed by atoms with van der Waals surface area (Å²) in [5.74, 6) is -1.87. The third-order valence-corrected chi connectivity index (χ3v) is 5.25. The molecule has 2 aromatic carbocycles. The van der Waals surface area contributed by atoms with Gasteiger partial charge in [-0.15, -0.1) is 0 Å². The fraction of sp³-hybridized carbons (Fsp3) is 0.269. The van der Waals surface area contributed by atoms with Gasteiger partial charge in [0.15, 0.2) is 11.8 Å². The summed E-state index contributed by atoms with van der Waals surface area (Å²) < 4.78 is 52.9. The van der Waals surface area contributed by atoms with Crippen molar-refractivity contribution in [1.29, 1.82) is 0 Å². The van der Waals surface area contributed by atoms with E-state index in [4.69, 9.17) is 9.26 Å². The van der Waals surface area contributed by atoms with Gasteiger partial charge in [0.25, 0.3) is 11.8 Å². The predicted molar refractivity (Wildman–Crippen MR) is 131 cm³/mol. The second-order valence-corrected chi connectivity index (χ2v) is 9.40. The Morgan fingerprint density at radius 1 is 1.08 bits per heavy atom. The zero-order chi connectivity index (χ0) is 28.4. The Hall–Kier alpha value is -4.52. The largest absolute Gasteiger partial charge is 0.459 e. The SMILES string of the molecule is CC(C)(C)OC(=O)CNC(=O)C(O)c1ccc(-c2noc(-c3cnn(-c4ccccc4)c3C(F)(F)F)n2)cc1. The minimum Gasteiger partial charge on any atom is -0.459 e. The number of carbonyl (C=O) groups excluding carboxylic acids is 2. The highest BCUT2D eigenvalue weighted by atomic mass is 19.4. The molecule has 0 saturated heterocycles. The molecule has 4 rings (SSSR count). The van der Waals surface area contributed by atoms with Crippen molar-refractivity contribution in [3.05, 3.63) is 72.1 Å². The van der Waals surface area contributed by atoms with Crippen molar-refractivity contribution >= 4 is 11.9 Å². The first-order valence-corrected chi connectivity index (χ1v) is 11.7. The summed E-state index contributed by atoms with van der Waals surface area (Å²) >= 11 is 0. The maximum absolute atomic E-state index is 14.0. The van der Waals surface area contributed by atoms with Gasteiger partial charge in [0.05, 0.1) is 17.4 Å². The maximum atomic E-state index is 14.0. The highest BCUT2D eigenvalue weighted by molar-refractivity contribution is 5.86. The number of aromatic nitrogens is 4. The van der Waals surface area contributed by atoms with Crippen molar-refractivity contribution in [3.63, 3.8) is 0 Å². The van der Waals surface area contributed by atoms with Gasteiger partial charge in [0, 0.05) is 5.56 Å². The number of aliphatic hydroxyl groups excluding tert-OH is 1. The van der Waals surface area contributed by atoms with E-state index in [-0.39, 0.29) is 28.5 Å². The Labute approximate surface area is 220 Å². The van der Waals surface area contributed by atoms with Gasteiger partial charge in [-0.05, 0) is 38.5 Å². The number of nitrogens with one attached hydrogen (secondary N) is 1. The number of rotatable bonds is 7. The molecule has 2 heterocycles. The van der Waals surface area contributed by atoms with E-state index in [0.29, 0.717) is 5.56 Å². The smallest absolute Gasteiger partial charge is 0.434 e. The summed E-state index contributed by atoms with van der Waals surface area (Å²) in [6.07, 6.45) is -5.35. The van der Waals surface area contributed by atoms with Crippen LogP contribution in [0.1, 0.15) is 38.1 Å². The second-order valence-electron chi connectivity index (χ2n) is 9.40. The van der Waals surface area contributed by atoms with Gasteiger partial charge in [-0.3, -0.25) is 9.59 Å². The average molecular weight is 544 g/mol. The Morgan fingerprint density at radius 3 is 2.36 bits per heavy atom. The van der Waals surface area contributed by atoms with Crippen LogP contribution in [-0.4, -0.2) is 49.0 Å². The molecule has 1 unspecified atom stereocenters. The number of benzene rings is 2. The Kier molecular flexibility index (Phi) is 7.54. The molecule has 39 heavy (non-hydrogen) atoms. The number of para-hydroxylation sites is 1. The number of hydrogen-bond donors (Lipinski definition) is 2. The zero-order valence-corrected chi connectivity index (χ0v) is 21.1. The second kappa shape index (κ2) is 10.7. The van der Waals surface area contributed by atoms with Gasteiger partial charge in [0.1, 0.15) is 12.1 Å². The number of carbonyl (C=O) groups is 2. The van der Waals surface area contributed by atoms with Gasteiger partial charge in [0.2, 0.25) is 5.82 Å². The van der Waals surface area contributed by atoms with Gasteiger partial charge >= 0.3 is 12.1 Å². The number of aliphatic hydroxyl groups is 1. The van der Waals surface area contributed by atoms with Crippen LogP contribution in [-0.2, 0) is 20.5 Å². The van der Waals surface area contributed by atoms with E-state index in [1.165, 1.54) is 36.4 Å². The lowest BCUT2D eigenvalue weighted by Crippen LogP contribution is -2.37. The van der Waals surface area contributed by atoms with Crippen molar-refractivity contribution in [1.82, 2.24) is 25.2 Å². The summed E-state index contributed by atoms with van der Waals surface area (Å²) in [7, 11) is 0. The molecule has 0 aliphatic rings. The molecular formula is C26H24F3N5O5. The van der Waals surface area contributed by atoms with Crippen LogP contribution in [0.4, 0.5) is 13.2 Å². The molecule has 2 N–H and O–H groups in total. The number of alkyl halides is 3. The summed E-state index contributed by atoms with van der Waals surface area (Å²) in [5, 5.41) is 20.3. The summed E-state index contributed by atoms with van der Waals surface area (Å²) in [4.78, 5) is 28.1. The summed E-state index contributed by atoms with van der Waals surface area (Å²) in [6.45, 7) is 4.63. The van der Waals surface area contributed by atoms with Gasteiger partial charge < -0.3 is 19.7 Å². The van der Waals surface area contributed by atoms with E-state index in [9.17, 15) is 27.9 Å². The fourth-order valence-electron chi connectivity index (χ4n) is 3.59.